The van der Waals surface area contributed by atoms with E-state index in [1.54, 1.807) is 5.57 Å². The molecule has 0 saturated heterocycles. The SMILES string of the molecule is CCC/C(=C/C=C1\CCCC2(C)C(C)CCC12)CC(O)O. The molecule has 2 aliphatic carbocycles. The van der Waals surface area contributed by atoms with Gasteiger partial charge in [0.2, 0.25) is 0 Å². The Morgan fingerprint density at radius 3 is 2.81 bits per heavy atom. The van der Waals surface area contributed by atoms with E-state index >= 15 is 0 Å². The van der Waals surface area contributed by atoms with E-state index in [0.717, 1.165) is 24.7 Å². The van der Waals surface area contributed by atoms with Gasteiger partial charge in [0.15, 0.2) is 6.29 Å². The van der Waals surface area contributed by atoms with Crippen LogP contribution in [0, 0.1) is 17.3 Å². The molecule has 2 N–H and O–H groups in total. The minimum atomic E-state index is -1.22. The number of hydrogen-bond acceptors (Lipinski definition) is 2. The molecule has 2 rings (SSSR count). The van der Waals surface area contributed by atoms with E-state index in [2.05, 4.69) is 32.9 Å². The highest BCUT2D eigenvalue weighted by Crippen LogP contribution is 2.57. The fourth-order valence-corrected chi connectivity index (χ4v) is 4.53. The first-order valence-electron chi connectivity index (χ1n) is 8.72. The van der Waals surface area contributed by atoms with Gasteiger partial charge in [0.25, 0.3) is 0 Å². The molecule has 2 saturated carbocycles. The summed E-state index contributed by atoms with van der Waals surface area (Å²) >= 11 is 0. The molecule has 0 spiro atoms. The van der Waals surface area contributed by atoms with Crippen LogP contribution < -0.4 is 0 Å². The van der Waals surface area contributed by atoms with Gasteiger partial charge in [-0.25, -0.2) is 0 Å². The molecule has 0 amide bonds. The Morgan fingerprint density at radius 1 is 1.38 bits per heavy atom. The zero-order valence-electron chi connectivity index (χ0n) is 13.9. The highest BCUT2D eigenvalue weighted by Gasteiger charge is 2.46. The summed E-state index contributed by atoms with van der Waals surface area (Å²) in [5, 5.41) is 18.4. The Hall–Kier alpha value is -0.600. The molecule has 120 valence electrons. The van der Waals surface area contributed by atoms with E-state index in [9.17, 15) is 10.2 Å². The normalized spacial score (nSPS) is 35.5. The maximum atomic E-state index is 9.21. The first-order valence-corrected chi connectivity index (χ1v) is 8.72. The second-order valence-corrected chi connectivity index (χ2v) is 7.39. The van der Waals surface area contributed by atoms with Crippen LogP contribution in [0.4, 0.5) is 0 Å². The van der Waals surface area contributed by atoms with E-state index in [1.165, 1.54) is 37.7 Å². The number of hydrogen-bond donors (Lipinski definition) is 2. The molecule has 0 aromatic heterocycles. The summed E-state index contributed by atoms with van der Waals surface area (Å²) in [6, 6.07) is 0. The minimum Gasteiger partial charge on any atom is -0.368 e. The average molecular weight is 292 g/mol. The highest BCUT2D eigenvalue weighted by atomic mass is 16.5. The smallest absolute Gasteiger partial charge is 0.155 e. The number of aliphatic hydroxyl groups is 2. The predicted octanol–water partition coefficient (Wildman–Crippen LogP) is 4.58. The monoisotopic (exact) mass is 292 g/mol. The predicted molar refractivity (Wildman–Crippen MR) is 87.8 cm³/mol. The van der Waals surface area contributed by atoms with Crippen molar-refractivity contribution in [2.45, 2.75) is 78.4 Å². The van der Waals surface area contributed by atoms with Crippen LogP contribution in [0.5, 0.6) is 0 Å². The van der Waals surface area contributed by atoms with Crippen molar-refractivity contribution in [3.63, 3.8) is 0 Å². The van der Waals surface area contributed by atoms with Crippen molar-refractivity contribution in [2.24, 2.45) is 17.3 Å². The highest BCUT2D eigenvalue weighted by molar-refractivity contribution is 5.24. The van der Waals surface area contributed by atoms with Crippen molar-refractivity contribution >= 4 is 0 Å². The Bertz CT molecular complexity index is 408. The van der Waals surface area contributed by atoms with Gasteiger partial charge in [0, 0.05) is 6.42 Å². The third-order valence-electron chi connectivity index (χ3n) is 5.99. The van der Waals surface area contributed by atoms with Crippen molar-refractivity contribution < 1.29 is 10.2 Å². The van der Waals surface area contributed by atoms with Crippen molar-refractivity contribution in [3.05, 3.63) is 23.3 Å². The Kier molecular flexibility index (Phi) is 5.67. The van der Waals surface area contributed by atoms with Gasteiger partial charge in [0.1, 0.15) is 0 Å². The van der Waals surface area contributed by atoms with Gasteiger partial charge in [-0.1, -0.05) is 50.5 Å². The van der Waals surface area contributed by atoms with Gasteiger partial charge >= 0.3 is 0 Å². The maximum Gasteiger partial charge on any atom is 0.155 e. The summed E-state index contributed by atoms with van der Waals surface area (Å²) in [5.74, 6) is 1.59. The molecule has 0 aromatic carbocycles. The molecule has 0 aliphatic heterocycles. The van der Waals surface area contributed by atoms with Gasteiger partial charge in [-0.3, -0.25) is 0 Å². The molecule has 0 bridgehead atoms. The van der Waals surface area contributed by atoms with Crippen molar-refractivity contribution in [1.82, 2.24) is 0 Å². The van der Waals surface area contributed by atoms with E-state index in [0.29, 0.717) is 11.8 Å². The van der Waals surface area contributed by atoms with Gasteiger partial charge in [-0.2, -0.15) is 0 Å². The second kappa shape index (κ2) is 7.11. The Balaban J connectivity index is 2.15. The quantitative estimate of drug-likeness (QED) is 0.728. The number of aliphatic hydroxyl groups excluding tert-OH is 1. The lowest BCUT2D eigenvalue weighted by molar-refractivity contribution is -0.0385. The van der Waals surface area contributed by atoms with Crippen LogP contribution in [0.3, 0.4) is 0 Å². The minimum absolute atomic E-state index is 0.385. The van der Waals surface area contributed by atoms with Crippen molar-refractivity contribution in [2.75, 3.05) is 0 Å². The molecule has 0 aromatic rings. The fraction of sp³-hybridized carbons (Fsp3) is 0.789. The maximum absolute atomic E-state index is 9.21. The first-order chi connectivity index (χ1) is 9.97. The molecule has 0 radical (unpaired) electrons. The molecule has 3 unspecified atom stereocenters. The average Bonchev–Trinajstić information content (AvgIpc) is 2.72. The van der Waals surface area contributed by atoms with E-state index < -0.39 is 6.29 Å². The van der Waals surface area contributed by atoms with E-state index in [1.807, 2.05) is 0 Å². The van der Waals surface area contributed by atoms with Crippen LogP contribution in [0.2, 0.25) is 0 Å². The Labute approximate surface area is 130 Å². The number of rotatable bonds is 5. The van der Waals surface area contributed by atoms with E-state index in [-0.39, 0.29) is 0 Å². The standard InChI is InChI=1S/C19H32O2/c1-4-6-15(13-18(20)21)9-10-16-7-5-12-19(3)14(2)8-11-17(16)19/h9-10,14,17-18,20-21H,4-8,11-13H2,1-3H3/b15-9-,16-10+. The van der Waals surface area contributed by atoms with Gasteiger partial charge < -0.3 is 10.2 Å². The van der Waals surface area contributed by atoms with Gasteiger partial charge in [-0.05, 0) is 55.8 Å². The summed E-state index contributed by atoms with van der Waals surface area (Å²) < 4.78 is 0. The lowest BCUT2D eigenvalue weighted by atomic mass is 9.64. The molecule has 21 heavy (non-hydrogen) atoms. The molecule has 2 nitrogen and oxygen atoms in total. The number of fused-ring (bicyclic) bond motifs is 1. The molecule has 2 heteroatoms. The zero-order valence-corrected chi connectivity index (χ0v) is 13.9. The topological polar surface area (TPSA) is 40.5 Å². The summed E-state index contributed by atoms with van der Waals surface area (Å²) in [7, 11) is 0. The van der Waals surface area contributed by atoms with Gasteiger partial charge in [-0.15, -0.1) is 0 Å². The molecule has 2 aliphatic rings. The largest absolute Gasteiger partial charge is 0.368 e. The summed E-state index contributed by atoms with van der Waals surface area (Å²) in [4.78, 5) is 0. The second-order valence-electron chi connectivity index (χ2n) is 7.39. The third-order valence-corrected chi connectivity index (χ3v) is 5.99. The molecular weight excluding hydrogens is 260 g/mol. The van der Waals surface area contributed by atoms with Crippen LogP contribution in [0.15, 0.2) is 23.3 Å². The van der Waals surface area contributed by atoms with Crippen molar-refractivity contribution in [3.8, 4) is 0 Å². The third kappa shape index (κ3) is 3.78. The van der Waals surface area contributed by atoms with Crippen LogP contribution in [0.1, 0.15) is 72.1 Å². The summed E-state index contributed by atoms with van der Waals surface area (Å²) in [6.07, 6.45) is 12.3. The first kappa shape index (κ1) is 16.8. The van der Waals surface area contributed by atoms with Crippen molar-refractivity contribution in [1.29, 1.82) is 0 Å². The zero-order chi connectivity index (χ0) is 15.5. The molecule has 3 atom stereocenters. The lowest BCUT2D eigenvalue weighted by Gasteiger charge is -2.41. The number of allylic oxidation sites excluding steroid dienone is 3. The van der Waals surface area contributed by atoms with E-state index in [4.69, 9.17) is 0 Å². The molecule has 2 fully saturated rings. The van der Waals surface area contributed by atoms with Crippen LogP contribution in [-0.2, 0) is 0 Å². The Morgan fingerprint density at radius 2 is 2.14 bits per heavy atom. The van der Waals surface area contributed by atoms with Crippen LogP contribution >= 0.6 is 0 Å². The van der Waals surface area contributed by atoms with Crippen LogP contribution in [0.25, 0.3) is 0 Å². The van der Waals surface area contributed by atoms with Gasteiger partial charge in [0.05, 0.1) is 0 Å². The molecular formula is C19H32O2. The van der Waals surface area contributed by atoms with Crippen LogP contribution in [-0.4, -0.2) is 16.5 Å². The summed E-state index contributed by atoms with van der Waals surface area (Å²) in [6.45, 7) is 7.04. The lowest BCUT2D eigenvalue weighted by Crippen LogP contribution is -2.31. The fourth-order valence-electron chi connectivity index (χ4n) is 4.53. The summed E-state index contributed by atoms with van der Waals surface area (Å²) in [5.41, 5.74) is 3.27. The molecule has 0 heterocycles.